The first-order valence-corrected chi connectivity index (χ1v) is 24.5. The minimum absolute atomic E-state index is 0.0563. The fourth-order valence-corrected chi connectivity index (χ4v) is 6.55. The van der Waals surface area contributed by atoms with Gasteiger partial charge >= 0.3 is 11.9 Å². The maximum atomic E-state index is 12.8. The summed E-state index contributed by atoms with van der Waals surface area (Å²) in [5, 5.41) is 0. The van der Waals surface area contributed by atoms with Crippen LogP contribution in [0.4, 0.5) is 0 Å². The molecule has 5 nitrogen and oxygen atoms in total. The number of unbranched alkanes of at least 4 members (excludes halogenated alkanes) is 21. The number of hydrogen-bond donors (Lipinski definition) is 0. The molecule has 0 aliphatic heterocycles. The highest BCUT2D eigenvalue weighted by molar-refractivity contribution is 5.70. The molecule has 0 bridgehead atoms. The van der Waals surface area contributed by atoms with Crippen LogP contribution < -0.4 is 0 Å². The molecule has 0 saturated carbocycles. The lowest BCUT2D eigenvalue weighted by Crippen LogP contribution is -2.30. The van der Waals surface area contributed by atoms with Gasteiger partial charge in [0.25, 0.3) is 0 Å². The van der Waals surface area contributed by atoms with Gasteiger partial charge in [-0.05, 0) is 109 Å². The summed E-state index contributed by atoms with van der Waals surface area (Å²) >= 11 is 0. The fourth-order valence-electron chi connectivity index (χ4n) is 6.55. The number of carbonyl (C=O) groups excluding carboxylic acids is 2. The molecule has 0 saturated heterocycles. The van der Waals surface area contributed by atoms with Crippen molar-refractivity contribution in [2.45, 2.75) is 232 Å². The van der Waals surface area contributed by atoms with Gasteiger partial charge < -0.3 is 14.2 Å². The highest BCUT2D eigenvalue weighted by atomic mass is 16.6. The number of ether oxygens (including phenoxy) is 3. The summed E-state index contributed by atoms with van der Waals surface area (Å²) in [6.07, 6.45) is 61.9. The first-order valence-electron chi connectivity index (χ1n) is 24.5. The minimum atomic E-state index is -0.561. The number of hydrogen-bond acceptors (Lipinski definition) is 5. The second kappa shape index (κ2) is 48.7. The lowest BCUT2D eigenvalue weighted by molar-refractivity contribution is -0.163. The minimum Gasteiger partial charge on any atom is -0.462 e. The quantitative estimate of drug-likeness (QED) is 0.0348. The van der Waals surface area contributed by atoms with Crippen LogP contribution in [-0.4, -0.2) is 37.9 Å². The van der Waals surface area contributed by atoms with Gasteiger partial charge in [0.05, 0.1) is 6.61 Å². The van der Waals surface area contributed by atoms with Crippen molar-refractivity contribution in [1.82, 2.24) is 0 Å². The van der Waals surface area contributed by atoms with Crippen LogP contribution in [0, 0.1) is 0 Å². The Labute approximate surface area is 359 Å². The predicted octanol–water partition coefficient (Wildman–Crippen LogP) is 16.3. The molecule has 0 aromatic heterocycles. The molecule has 0 heterocycles. The molecule has 58 heavy (non-hydrogen) atoms. The maximum Gasteiger partial charge on any atom is 0.306 e. The van der Waals surface area contributed by atoms with E-state index in [4.69, 9.17) is 14.2 Å². The third-order valence-electron chi connectivity index (χ3n) is 10.2. The second-order valence-electron chi connectivity index (χ2n) is 16.0. The molecule has 334 valence electrons. The molecule has 1 atom stereocenters. The lowest BCUT2D eigenvalue weighted by Gasteiger charge is -2.18. The van der Waals surface area contributed by atoms with Crippen molar-refractivity contribution in [2.75, 3.05) is 19.8 Å². The molecule has 0 N–H and O–H groups in total. The van der Waals surface area contributed by atoms with Crippen molar-refractivity contribution >= 4 is 11.9 Å². The Morgan fingerprint density at radius 2 is 0.776 bits per heavy atom. The van der Waals surface area contributed by atoms with Gasteiger partial charge in [0.1, 0.15) is 6.61 Å². The van der Waals surface area contributed by atoms with Crippen LogP contribution in [-0.2, 0) is 23.8 Å². The fraction of sp³-hybridized carbons (Fsp3) is 0.736. The number of allylic oxidation sites excluding steroid dienone is 12. The Morgan fingerprint density at radius 1 is 0.397 bits per heavy atom. The average Bonchev–Trinajstić information content (AvgIpc) is 3.22. The third-order valence-corrected chi connectivity index (χ3v) is 10.2. The predicted molar refractivity (Wildman–Crippen MR) is 251 cm³/mol. The number of esters is 2. The molecule has 0 aromatic rings. The summed E-state index contributed by atoms with van der Waals surface area (Å²) in [6, 6.07) is 0. The van der Waals surface area contributed by atoms with E-state index in [1.165, 1.54) is 109 Å². The zero-order chi connectivity index (χ0) is 42.1. The third kappa shape index (κ3) is 46.0. The summed E-state index contributed by atoms with van der Waals surface area (Å²) in [4.78, 5) is 25.3. The van der Waals surface area contributed by atoms with Gasteiger partial charge in [0, 0.05) is 19.4 Å². The van der Waals surface area contributed by atoms with E-state index in [0.717, 1.165) is 83.5 Å². The molecule has 0 aliphatic rings. The van der Waals surface area contributed by atoms with Gasteiger partial charge in [-0.2, -0.15) is 0 Å². The highest BCUT2D eigenvalue weighted by Gasteiger charge is 2.17. The first kappa shape index (κ1) is 55.3. The summed E-state index contributed by atoms with van der Waals surface area (Å²) in [5.74, 6) is -0.458. The van der Waals surface area contributed by atoms with E-state index < -0.39 is 6.10 Å². The van der Waals surface area contributed by atoms with Crippen molar-refractivity contribution in [2.24, 2.45) is 0 Å². The summed E-state index contributed by atoms with van der Waals surface area (Å²) < 4.78 is 17.3. The van der Waals surface area contributed by atoms with Crippen molar-refractivity contribution in [3.8, 4) is 0 Å². The Kier molecular flexibility index (Phi) is 46.5. The summed E-state index contributed by atoms with van der Waals surface area (Å²) in [7, 11) is 0. The van der Waals surface area contributed by atoms with Crippen molar-refractivity contribution in [3.05, 3.63) is 72.9 Å². The van der Waals surface area contributed by atoms with Crippen molar-refractivity contribution < 1.29 is 23.8 Å². The lowest BCUT2D eigenvalue weighted by atomic mass is 10.1. The van der Waals surface area contributed by atoms with Crippen LogP contribution in [0.1, 0.15) is 226 Å². The van der Waals surface area contributed by atoms with Gasteiger partial charge in [-0.25, -0.2) is 0 Å². The van der Waals surface area contributed by atoms with E-state index in [9.17, 15) is 9.59 Å². The first-order chi connectivity index (χ1) is 28.6. The Bertz CT molecular complexity index is 1050. The Balaban J connectivity index is 4.36. The van der Waals surface area contributed by atoms with Gasteiger partial charge in [-0.3, -0.25) is 9.59 Å². The Morgan fingerprint density at radius 3 is 1.29 bits per heavy atom. The van der Waals surface area contributed by atoms with E-state index >= 15 is 0 Å². The molecule has 0 fully saturated rings. The van der Waals surface area contributed by atoms with Crippen LogP contribution in [0.15, 0.2) is 72.9 Å². The van der Waals surface area contributed by atoms with Gasteiger partial charge in [0.2, 0.25) is 0 Å². The van der Waals surface area contributed by atoms with E-state index in [1.807, 2.05) is 0 Å². The van der Waals surface area contributed by atoms with Crippen LogP contribution in [0.2, 0.25) is 0 Å². The normalized spacial score (nSPS) is 12.8. The zero-order valence-electron chi connectivity index (χ0n) is 38.3. The average molecular weight is 809 g/mol. The van der Waals surface area contributed by atoms with E-state index in [0.29, 0.717) is 19.4 Å². The summed E-state index contributed by atoms with van der Waals surface area (Å²) in [6.45, 7) is 7.62. The number of carbonyl (C=O) groups is 2. The monoisotopic (exact) mass is 809 g/mol. The molecule has 5 heteroatoms. The smallest absolute Gasteiger partial charge is 0.306 e. The van der Waals surface area contributed by atoms with Crippen LogP contribution in [0.5, 0.6) is 0 Å². The largest absolute Gasteiger partial charge is 0.462 e. The van der Waals surface area contributed by atoms with Gasteiger partial charge in [-0.1, -0.05) is 177 Å². The maximum absolute atomic E-state index is 12.8. The SMILES string of the molecule is CC/C=C\C/C=C\C/C=C\C/C=C\CCCCC(=O)OCC(COCCCCCCCC/C=C\CCCCCC)OC(=O)CCCCCCC/C=C\CCCCCC. The summed E-state index contributed by atoms with van der Waals surface area (Å²) in [5.41, 5.74) is 0. The van der Waals surface area contributed by atoms with Crippen LogP contribution in [0.25, 0.3) is 0 Å². The second-order valence-corrected chi connectivity index (χ2v) is 16.0. The topological polar surface area (TPSA) is 61.8 Å². The van der Waals surface area contributed by atoms with E-state index in [2.05, 4.69) is 93.7 Å². The highest BCUT2D eigenvalue weighted by Crippen LogP contribution is 2.13. The number of rotatable bonds is 44. The molecule has 1 unspecified atom stereocenters. The van der Waals surface area contributed by atoms with Gasteiger partial charge in [0.15, 0.2) is 6.10 Å². The van der Waals surface area contributed by atoms with E-state index in [-0.39, 0.29) is 25.2 Å². The molecule has 0 rings (SSSR count). The molecule has 0 radical (unpaired) electrons. The Hall–Kier alpha value is -2.66. The molecule has 0 spiro atoms. The van der Waals surface area contributed by atoms with Crippen molar-refractivity contribution in [1.29, 1.82) is 0 Å². The molecule has 0 amide bonds. The molecule has 0 aliphatic carbocycles. The molecular weight excluding hydrogens is 717 g/mol. The molecule has 0 aromatic carbocycles. The van der Waals surface area contributed by atoms with Crippen LogP contribution >= 0.6 is 0 Å². The molecular formula is C53H92O5. The zero-order valence-corrected chi connectivity index (χ0v) is 38.3. The van der Waals surface area contributed by atoms with Crippen LogP contribution in [0.3, 0.4) is 0 Å². The van der Waals surface area contributed by atoms with Crippen molar-refractivity contribution in [3.63, 3.8) is 0 Å². The standard InChI is InChI=1S/C53H92O5/c1-4-7-10-13-16-19-22-25-27-29-31-34-37-40-43-46-52(54)57-50-51(49-56-48-45-42-39-36-33-30-26-23-20-17-14-11-8-5-2)58-53(55)47-44-41-38-35-32-28-24-21-18-15-12-9-6-3/h7,10,16,19-21,23-25,27,31,34,51H,4-6,8-9,11-15,17-18,22,26,28-30,32-33,35-50H2,1-3H3/b10-7-,19-16-,23-20-,24-21-,27-25-,34-31-. The van der Waals surface area contributed by atoms with Gasteiger partial charge in [-0.15, -0.1) is 0 Å². The van der Waals surface area contributed by atoms with E-state index in [1.54, 1.807) is 0 Å².